The summed E-state index contributed by atoms with van der Waals surface area (Å²) in [5.41, 5.74) is 13.8. The fourth-order valence-corrected chi connectivity index (χ4v) is 6.43. The zero-order valence-corrected chi connectivity index (χ0v) is 33.1. The van der Waals surface area contributed by atoms with Crippen molar-refractivity contribution in [3.63, 3.8) is 0 Å². The molecule has 268 valence electrons. The molecule has 1 aliphatic heterocycles. The third-order valence-corrected chi connectivity index (χ3v) is 8.96. The molecule has 2 aliphatic rings. The number of anilines is 2. The van der Waals surface area contributed by atoms with Gasteiger partial charge in [0.15, 0.2) is 0 Å². The maximum absolute atomic E-state index is 7.83. The highest BCUT2D eigenvalue weighted by atomic mass is 16.3. The van der Waals surface area contributed by atoms with Crippen LogP contribution in [0, 0.1) is 5.92 Å². The van der Waals surface area contributed by atoms with Crippen LogP contribution in [-0.2, 0) is 10.8 Å². The lowest BCUT2D eigenvalue weighted by Crippen LogP contribution is -2.26. The number of aliphatic hydroxyl groups is 1. The summed E-state index contributed by atoms with van der Waals surface area (Å²) in [4.78, 5) is 2.36. The van der Waals surface area contributed by atoms with Gasteiger partial charge in [0, 0.05) is 36.6 Å². The first kappa shape index (κ1) is 43.2. The Morgan fingerprint density at radius 3 is 2.12 bits per heavy atom. The standard InChI is InChI=1S/C37H42N2.C2H7NO.3C2H6/c1-26(36(2,3)34-29-20-15-14-18-27(29)22-24-31(34)38-6)16-10-8-13-21-33-37(4,5)35-30-19-12-9-11-17-28(30)23-25-32(35)39(33)7;1-2(3)4;3*1-2/h8,10-26,38H,9H2,1-7H3;2,4H,3H2,1H3;3*1-2H3/b13-8+,16-10+,33-21+;;;;. The highest BCUT2D eigenvalue weighted by molar-refractivity contribution is 5.91. The smallest absolute Gasteiger partial charge is 0.0991 e. The van der Waals surface area contributed by atoms with E-state index in [1.54, 1.807) is 0 Å². The molecule has 4 nitrogen and oxygen atoms in total. The molecule has 0 saturated heterocycles. The highest BCUT2D eigenvalue weighted by Crippen LogP contribution is 2.50. The molecule has 4 N–H and O–H groups in total. The number of allylic oxidation sites excluding steroid dienone is 8. The molecule has 2 unspecified atom stereocenters. The van der Waals surface area contributed by atoms with E-state index in [1.165, 1.54) is 57.0 Å². The van der Waals surface area contributed by atoms with E-state index in [0.29, 0.717) is 5.92 Å². The number of hydrogen-bond acceptors (Lipinski definition) is 4. The normalized spacial score (nSPS) is 16.2. The van der Waals surface area contributed by atoms with Crippen LogP contribution >= 0.6 is 0 Å². The Hall–Kier alpha value is -3.86. The lowest BCUT2D eigenvalue weighted by molar-refractivity contribution is 0.203. The van der Waals surface area contributed by atoms with Crippen molar-refractivity contribution < 1.29 is 5.11 Å². The summed E-state index contributed by atoms with van der Waals surface area (Å²) in [6.07, 6.45) is 20.6. The Balaban J connectivity index is 0.00000109. The SMILES string of the molecule is CC.CC.CC.CC(N)O.CNc1ccc2ccccc2c1C(C)(C)C(C)/C=C/C=C/C=C1/N(C)c2ccc3c(c2C1(C)C)C=CCC=C3. The van der Waals surface area contributed by atoms with Crippen LogP contribution in [0.1, 0.15) is 112 Å². The predicted octanol–water partition coefficient (Wildman–Crippen LogP) is 12.0. The Labute approximate surface area is 300 Å². The van der Waals surface area contributed by atoms with Crippen LogP contribution in [0.25, 0.3) is 22.9 Å². The molecular formula is C45H67N3O. The lowest BCUT2D eigenvalue weighted by Gasteiger charge is -2.33. The van der Waals surface area contributed by atoms with Gasteiger partial charge in [-0.05, 0) is 75.9 Å². The number of likely N-dealkylation sites (N-methyl/N-ethyl adjacent to an activating group) is 1. The first-order valence-corrected chi connectivity index (χ1v) is 18.3. The van der Waals surface area contributed by atoms with E-state index in [-0.39, 0.29) is 10.8 Å². The van der Waals surface area contributed by atoms with Gasteiger partial charge < -0.3 is 21.1 Å². The van der Waals surface area contributed by atoms with Crippen molar-refractivity contribution in [3.8, 4) is 0 Å². The second-order valence-electron chi connectivity index (χ2n) is 12.7. The van der Waals surface area contributed by atoms with E-state index in [2.05, 4.69) is 161 Å². The van der Waals surface area contributed by atoms with E-state index in [0.717, 1.165) is 6.42 Å². The van der Waals surface area contributed by atoms with Gasteiger partial charge in [0.25, 0.3) is 0 Å². The molecule has 0 aromatic heterocycles. The molecule has 1 aliphatic carbocycles. The molecule has 3 aromatic carbocycles. The summed E-state index contributed by atoms with van der Waals surface area (Å²) in [5, 5.41) is 13.9. The van der Waals surface area contributed by atoms with Crippen molar-refractivity contribution in [1.82, 2.24) is 0 Å². The molecule has 5 rings (SSSR count). The van der Waals surface area contributed by atoms with Crippen LogP contribution in [0.15, 0.2) is 96.8 Å². The van der Waals surface area contributed by atoms with Crippen LogP contribution in [0.4, 0.5) is 11.4 Å². The van der Waals surface area contributed by atoms with Crippen LogP contribution in [-0.4, -0.2) is 25.4 Å². The second kappa shape index (κ2) is 20.6. The minimum absolute atomic E-state index is 0.0446. The third kappa shape index (κ3) is 10.3. The highest BCUT2D eigenvalue weighted by Gasteiger charge is 2.40. The number of fused-ring (bicyclic) bond motifs is 4. The van der Waals surface area contributed by atoms with Gasteiger partial charge in [-0.3, -0.25) is 0 Å². The van der Waals surface area contributed by atoms with Gasteiger partial charge in [-0.25, -0.2) is 0 Å². The number of nitrogens with one attached hydrogen (secondary N) is 1. The summed E-state index contributed by atoms with van der Waals surface area (Å²) in [5.74, 6) is 0.345. The lowest BCUT2D eigenvalue weighted by atomic mass is 9.71. The van der Waals surface area contributed by atoms with E-state index < -0.39 is 6.23 Å². The maximum atomic E-state index is 7.83. The third-order valence-electron chi connectivity index (χ3n) is 8.96. The molecule has 0 saturated carbocycles. The van der Waals surface area contributed by atoms with Gasteiger partial charge in [-0.15, -0.1) is 0 Å². The fraction of sp³-hybridized carbons (Fsp3) is 0.422. The summed E-state index contributed by atoms with van der Waals surface area (Å²) in [6.45, 7) is 25.2. The van der Waals surface area contributed by atoms with Crippen molar-refractivity contribution in [2.24, 2.45) is 11.7 Å². The number of nitrogens with two attached hydrogens (primary N) is 1. The van der Waals surface area contributed by atoms with Crippen LogP contribution in [0.3, 0.4) is 0 Å². The van der Waals surface area contributed by atoms with Gasteiger partial charge in [-0.1, -0.05) is 161 Å². The zero-order chi connectivity index (χ0) is 37.4. The average Bonchev–Trinajstić information content (AvgIpc) is 3.24. The van der Waals surface area contributed by atoms with E-state index in [1.807, 2.05) is 48.6 Å². The van der Waals surface area contributed by atoms with Gasteiger partial charge in [0.05, 0.1) is 6.23 Å². The number of hydrogen-bond donors (Lipinski definition) is 3. The predicted molar refractivity (Wildman–Crippen MR) is 223 cm³/mol. The number of nitrogens with zero attached hydrogens (tertiary/aromatic N) is 1. The summed E-state index contributed by atoms with van der Waals surface area (Å²) >= 11 is 0. The van der Waals surface area contributed by atoms with Crippen LogP contribution < -0.4 is 16.0 Å². The van der Waals surface area contributed by atoms with Gasteiger partial charge in [-0.2, -0.15) is 0 Å². The monoisotopic (exact) mass is 666 g/mol. The fourth-order valence-electron chi connectivity index (χ4n) is 6.43. The second-order valence-corrected chi connectivity index (χ2v) is 12.7. The van der Waals surface area contributed by atoms with Crippen molar-refractivity contribution in [2.45, 2.75) is 107 Å². The number of benzene rings is 3. The topological polar surface area (TPSA) is 61.5 Å². The molecule has 2 atom stereocenters. The summed E-state index contributed by atoms with van der Waals surface area (Å²) < 4.78 is 0. The van der Waals surface area contributed by atoms with Crippen molar-refractivity contribution in [1.29, 1.82) is 0 Å². The summed E-state index contributed by atoms with van der Waals surface area (Å²) in [6, 6.07) is 17.7. The Morgan fingerprint density at radius 2 is 1.49 bits per heavy atom. The van der Waals surface area contributed by atoms with Crippen molar-refractivity contribution in [2.75, 3.05) is 24.3 Å². The Bertz CT molecular complexity index is 1600. The van der Waals surface area contributed by atoms with E-state index >= 15 is 0 Å². The molecule has 4 heteroatoms. The largest absolute Gasteiger partial charge is 0.388 e. The Morgan fingerprint density at radius 1 is 0.878 bits per heavy atom. The molecular weight excluding hydrogens is 599 g/mol. The molecule has 0 spiro atoms. The van der Waals surface area contributed by atoms with Crippen LogP contribution in [0.2, 0.25) is 0 Å². The minimum Gasteiger partial charge on any atom is -0.388 e. The van der Waals surface area contributed by atoms with E-state index in [9.17, 15) is 0 Å². The molecule has 3 aromatic rings. The zero-order valence-electron chi connectivity index (χ0n) is 33.1. The molecule has 0 fully saturated rings. The van der Waals surface area contributed by atoms with Gasteiger partial charge >= 0.3 is 0 Å². The van der Waals surface area contributed by atoms with E-state index in [4.69, 9.17) is 5.11 Å². The maximum Gasteiger partial charge on any atom is 0.0991 e. The first-order chi connectivity index (χ1) is 23.4. The molecule has 0 amide bonds. The minimum atomic E-state index is -0.667. The van der Waals surface area contributed by atoms with Gasteiger partial charge in [0.1, 0.15) is 0 Å². The van der Waals surface area contributed by atoms with Crippen LogP contribution in [0.5, 0.6) is 0 Å². The molecule has 49 heavy (non-hydrogen) atoms. The van der Waals surface area contributed by atoms with Crippen molar-refractivity contribution >= 4 is 34.3 Å². The summed E-state index contributed by atoms with van der Waals surface area (Å²) in [7, 11) is 4.21. The number of rotatable bonds is 6. The van der Waals surface area contributed by atoms with Crippen molar-refractivity contribution in [3.05, 3.63) is 119 Å². The molecule has 0 radical (unpaired) electrons. The molecule has 1 heterocycles. The quantitative estimate of drug-likeness (QED) is 0.181. The van der Waals surface area contributed by atoms with Gasteiger partial charge in [0.2, 0.25) is 0 Å². The first-order valence-electron chi connectivity index (χ1n) is 18.3. The Kier molecular flexibility index (Phi) is 18.2. The average molecular weight is 666 g/mol. The number of aliphatic hydroxyl groups excluding tert-OH is 1. The molecule has 0 bridgehead atoms.